The number of hydrogen-bond acceptors (Lipinski definition) is 5. The minimum absolute atomic E-state index is 0.0839. The molecule has 0 heterocycles. The lowest BCUT2D eigenvalue weighted by Gasteiger charge is -2.23. The Morgan fingerprint density at radius 1 is 1.37 bits per heavy atom. The van der Waals surface area contributed by atoms with Crippen LogP contribution in [0.2, 0.25) is 0 Å². The fraction of sp³-hybridized carbons (Fsp3) is 0.917. The van der Waals surface area contributed by atoms with Gasteiger partial charge in [0.15, 0.2) is 0 Å². The minimum Gasteiger partial charge on any atom is -0.380 e. The first-order chi connectivity index (χ1) is 8.67. The standard InChI is InChI=1S/C12H26N2O4S/c1-5-18-8-11(9(2)3)14-12(15)10(13)6-7-19(4,16)17/h9-11H,5-8,13H2,1-4H3,(H,14,15). The average molecular weight is 294 g/mol. The minimum atomic E-state index is -3.10. The molecule has 0 spiro atoms. The Kier molecular flexibility index (Phi) is 8.20. The Hall–Kier alpha value is -0.660. The van der Waals surface area contributed by atoms with Crippen molar-refractivity contribution in [3.05, 3.63) is 0 Å². The van der Waals surface area contributed by atoms with Crippen LogP contribution in [-0.2, 0) is 19.4 Å². The van der Waals surface area contributed by atoms with Crippen molar-refractivity contribution in [3.8, 4) is 0 Å². The summed E-state index contributed by atoms with van der Waals surface area (Å²) in [6.07, 6.45) is 1.26. The number of hydrogen-bond donors (Lipinski definition) is 2. The maximum Gasteiger partial charge on any atom is 0.237 e. The van der Waals surface area contributed by atoms with Gasteiger partial charge in [-0.1, -0.05) is 13.8 Å². The van der Waals surface area contributed by atoms with Gasteiger partial charge >= 0.3 is 0 Å². The van der Waals surface area contributed by atoms with Crippen LogP contribution in [0.1, 0.15) is 27.2 Å². The van der Waals surface area contributed by atoms with Crippen LogP contribution >= 0.6 is 0 Å². The maximum absolute atomic E-state index is 11.9. The molecule has 7 heteroatoms. The van der Waals surface area contributed by atoms with Gasteiger partial charge in [-0.15, -0.1) is 0 Å². The number of ether oxygens (including phenoxy) is 1. The summed E-state index contributed by atoms with van der Waals surface area (Å²) in [5.41, 5.74) is 5.68. The molecule has 0 aromatic carbocycles. The van der Waals surface area contributed by atoms with Gasteiger partial charge in [0.25, 0.3) is 0 Å². The van der Waals surface area contributed by atoms with Crippen molar-refractivity contribution in [1.29, 1.82) is 0 Å². The number of rotatable bonds is 9. The van der Waals surface area contributed by atoms with Crippen LogP contribution < -0.4 is 11.1 Å². The molecule has 0 aromatic rings. The topological polar surface area (TPSA) is 98.5 Å². The van der Waals surface area contributed by atoms with Crippen molar-refractivity contribution in [3.63, 3.8) is 0 Å². The van der Waals surface area contributed by atoms with E-state index >= 15 is 0 Å². The van der Waals surface area contributed by atoms with Gasteiger partial charge < -0.3 is 15.8 Å². The van der Waals surface area contributed by atoms with Crippen molar-refractivity contribution in [2.24, 2.45) is 11.7 Å². The van der Waals surface area contributed by atoms with Crippen molar-refractivity contribution in [2.75, 3.05) is 25.2 Å². The van der Waals surface area contributed by atoms with Crippen molar-refractivity contribution in [2.45, 2.75) is 39.3 Å². The number of nitrogens with two attached hydrogens (primary N) is 1. The van der Waals surface area contributed by atoms with Gasteiger partial charge in [0, 0.05) is 12.9 Å². The van der Waals surface area contributed by atoms with E-state index in [1.165, 1.54) is 0 Å². The van der Waals surface area contributed by atoms with Gasteiger partial charge in [-0.2, -0.15) is 0 Å². The van der Waals surface area contributed by atoms with Crippen molar-refractivity contribution >= 4 is 15.7 Å². The van der Waals surface area contributed by atoms with E-state index in [9.17, 15) is 13.2 Å². The van der Waals surface area contributed by atoms with Gasteiger partial charge in [0.1, 0.15) is 9.84 Å². The van der Waals surface area contributed by atoms with Gasteiger partial charge in [-0.3, -0.25) is 4.79 Å². The first-order valence-corrected chi connectivity index (χ1v) is 8.54. The van der Waals surface area contributed by atoms with Gasteiger partial charge in [-0.25, -0.2) is 8.42 Å². The van der Waals surface area contributed by atoms with Crippen molar-refractivity contribution < 1.29 is 17.9 Å². The molecule has 2 unspecified atom stereocenters. The largest absolute Gasteiger partial charge is 0.380 e. The maximum atomic E-state index is 11.9. The Labute approximate surface area is 116 Å². The van der Waals surface area contributed by atoms with Crippen LogP contribution in [0.15, 0.2) is 0 Å². The van der Waals surface area contributed by atoms with Gasteiger partial charge in [0.05, 0.1) is 24.4 Å². The second kappa shape index (κ2) is 8.50. The van der Waals surface area contributed by atoms with Gasteiger partial charge in [-0.05, 0) is 19.3 Å². The van der Waals surface area contributed by atoms with Gasteiger partial charge in [0.2, 0.25) is 5.91 Å². The number of carbonyl (C=O) groups excluding carboxylic acids is 1. The molecule has 0 saturated heterocycles. The first-order valence-electron chi connectivity index (χ1n) is 6.48. The Balaban J connectivity index is 4.30. The summed E-state index contributed by atoms with van der Waals surface area (Å²) in [5, 5.41) is 2.80. The highest BCUT2D eigenvalue weighted by molar-refractivity contribution is 7.90. The van der Waals surface area contributed by atoms with E-state index < -0.39 is 15.9 Å². The zero-order valence-corrected chi connectivity index (χ0v) is 13.0. The summed E-state index contributed by atoms with van der Waals surface area (Å²) in [6.45, 7) is 6.85. The molecule has 0 aliphatic carbocycles. The molecule has 114 valence electrons. The Morgan fingerprint density at radius 3 is 2.37 bits per heavy atom. The third-order valence-electron chi connectivity index (χ3n) is 2.77. The SMILES string of the molecule is CCOCC(NC(=O)C(N)CCS(C)(=O)=O)C(C)C. The molecule has 0 aliphatic heterocycles. The molecular formula is C12H26N2O4S. The third kappa shape index (κ3) is 8.96. The van der Waals surface area contributed by atoms with E-state index in [2.05, 4.69) is 5.32 Å². The summed E-state index contributed by atoms with van der Waals surface area (Å²) < 4.78 is 27.3. The highest BCUT2D eigenvalue weighted by Gasteiger charge is 2.21. The molecule has 1 amide bonds. The monoisotopic (exact) mass is 294 g/mol. The first kappa shape index (κ1) is 18.3. The molecule has 0 saturated carbocycles. The zero-order valence-electron chi connectivity index (χ0n) is 12.2. The molecule has 2 atom stereocenters. The number of amides is 1. The van der Waals surface area contributed by atoms with Crippen LogP contribution in [0.25, 0.3) is 0 Å². The Morgan fingerprint density at radius 2 is 1.95 bits per heavy atom. The Bertz CT molecular complexity index is 368. The summed E-state index contributed by atoms with van der Waals surface area (Å²) in [4.78, 5) is 11.9. The molecule has 0 bridgehead atoms. The van der Waals surface area contributed by atoms with E-state index in [0.29, 0.717) is 13.2 Å². The van der Waals surface area contributed by atoms with E-state index in [1.54, 1.807) is 0 Å². The smallest absolute Gasteiger partial charge is 0.237 e. The highest BCUT2D eigenvalue weighted by Crippen LogP contribution is 2.03. The predicted octanol–water partition coefficient (Wildman–Crippen LogP) is -0.0743. The van der Waals surface area contributed by atoms with Crippen molar-refractivity contribution in [1.82, 2.24) is 5.32 Å². The summed E-state index contributed by atoms with van der Waals surface area (Å²) in [7, 11) is -3.10. The van der Waals surface area contributed by atoms with Crippen LogP contribution in [0.3, 0.4) is 0 Å². The van der Waals surface area contributed by atoms with Crippen LogP contribution in [-0.4, -0.2) is 51.6 Å². The zero-order chi connectivity index (χ0) is 15.1. The fourth-order valence-corrected chi connectivity index (χ4v) is 2.09. The predicted molar refractivity (Wildman–Crippen MR) is 75.6 cm³/mol. The molecule has 19 heavy (non-hydrogen) atoms. The molecular weight excluding hydrogens is 268 g/mol. The van der Waals surface area contributed by atoms with Crippen LogP contribution in [0.4, 0.5) is 0 Å². The third-order valence-corrected chi connectivity index (χ3v) is 3.75. The lowest BCUT2D eigenvalue weighted by Crippen LogP contribution is -2.49. The molecule has 0 rings (SSSR count). The molecule has 6 nitrogen and oxygen atoms in total. The van der Waals surface area contributed by atoms with Crippen LogP contribution in [0, 0.1) is 5.92 Å². The lowest BCUT2D eigenvalue weighted by molar-refractivity contribution is -0.123. The normalized spacial score (nSPS) is 15.3. The van der Waals surface area contributed by atoms with E-state index in [0.717, 1.165) is 6.26 Å². The number of sulfone groups is 1. The molecule has 0 aromatic heterocycles. The van der Waals surface area contributed by atoms with E-state index in [1.807, 2.05) is 20.8 Å². The molecule has 0 radical (unpaired) electrons. The quantitative estimate of drug-likeness (QED) is 0.620. The molecule has 0 aliphatic rings. The lowest BCUT2D eigenvalue weighted by atomic mass is 10.0. The number of nitrogens with one attached hydrogen (secondary N) is 1. The number of carbonyl (C=O) groups is 1. The molecule has 0 fully saturated rings. The van der Waals surface area contributed by atoms with E-state index in [4.69, 9.17) is 10.5 Å². The second-order valence-electron chi connectivity index (χ2n) is 5.04. The summed E-state index contributed by atoms with van der Waals surface area (Å²) >= 11 is 0. The molecule has 3 N–H and O–H groups in total. The highest BCUT2D eigenvalue weighted by atomic mass is 32.2. The summed E-state index contributed by atoms with van der Waals surface area (Å²) in [6, 6.07) is -0.922. The van der Waals surface area contributed by atoms with E-state index in [-0.39, 0.29) is 30.0 Å². The summed E-state index contributed by atoms with van der Waals surface area (Å²) in [5.74, 6) is -0.195. The fourth-order valence-electron chi connectivity index (χ4n) is 1.41. The average Bonchev–Trinajstić information content (AvgIpc) is 2.29. The second-order valence-corrected chi connectivity index (χ2v) is 7.30. The van der Waals surface area contributed by atoms with Crippen LogP contribution in [0.5, 0.6) is 0 Å².